The average Bonchev–Trinajstić information content (AvgIpc) is 3.83. The number of carbonyl (C=O) groups excluding carboxylic acids is 8. The van der Waals surface area contributed by atoms with E-state index >= 15 is 0 Å². The van der Waals surface area contributed by atoms with Gasteiger partial charge in [-0.3, -0.25) is 48.1 Å². The van der Waals surface area contributed by atoms with Gasteiger partial charge in [0, 0.05) is 48.7 Å². The number of thiol groups is 2. The summed E-state index contributed by atoms with van der Waals surface area (Å²) >= 11 is 8.07. The first-order valence-corrected chi connectivity index (χ1v) is 22.8. The molecule has 1 aromatic heterocycles. The third-order valence-corrected chi connectivity index (χ3v) is 11.5. The summed E-state index contributed by atoms with van der Waals surface area (Å²) in [4.78, 5) is 134. The number of carbonyl (C=O) groups is 10. The molecule has 1 aliphatic rings. The minimum Gasteiger partial charge on any atom is -0.481 e. The molecule has 0 fully saturated rings. The van der Waals surface area contributed by atoms with Crippen molar-refractivity contribution in [2.24, 2.45) is 0 Å². The van der Waals surface area contributed by atoms with Crippen LogP contribution < -0.4 is 31.9 Å². The number of aromatic nitrogens is 1. The second-order valence-electron chi connectivity index (χ2n) is 15.8. The van der Waals surface area contributed by atoms with Crippen molar-refractivity contribution in [3.63, 3.8) is 0 Å². The molecule has 4 aromatic rings. The molecular weight excluding hydrogens is 921 g/mol. The summed E-state index contributed by atoms with van der Waals surface area (Å²) in [5.41, 5.74) is 2.43. The molecule has 0 aliphatic carbocycles. The van der Waals surface area contributed by atoms with Crippen molar-refractivity contribution in [3.8, 4) is 0 Å². The van der Waals surface area contributed by atoms with Crippen molar-refractivity contribution in [3.05, 3.63) is 107 Å². The normalized spacial score (nSPS) is 14.1. The standard InChI is InChI=1S/C46H52N8O12S2/c55-37(17-19-67)49-32(16-8-9-18-54-44(63)29-13-4-5-14-30(29)45(54)64)40(59)48-24-38(56)50-35(22-39(57)58)43(62)52-34(21-27-23-47-31-15-7-6-12-28(27)31)42(61)51-33(20-26-10-2-1-3-11-26)41(60)53-36(25-68)46(65)66/h1-7,10-15,23,32-36,47,67-68H,8-9,16-22,24-25H2,(H,48,59)(H,49,55)(H,50,56)(H,51,61)(H,52,62)(H,53,60)(H,57,58)(H,65,66)/t32-,33-,34-,35-,36-/m0/s1. The number of H-pyrrole nitrogens is 1. The van der Waals surface area contributed by atoms with E-state index in [1.54, 1.807) is 85.1 Å². The molecule has 68 heavy (non-hydrogen) atoms. The molecule has 0 unspecified atom stereocenters. The molecule has 1 aliphatic heterocycles. The third kappa shape index (κ3) is 14.4. The number of imide groups is 1. The molecule has 22 heteroatoms. The number of nitrogens with zero attached hydrogens (tertiary/aromatic N) is 1. The minimum atomic E-state index is -1.79. The van der Waals surface area contributed by atoms with Crippen LogP contribution in [0.1, 0.15) is 63.9 Å². The van der Waals surface area contributed by atoms with Crippen molar-refractivity contribution in [1.29, 1.82) is 0 Å². The van der Waals surface area contributed by atoms with Gasteiger partial charge in [0.25, 0.3) is 11.8 Å². The van der Waals surface area contributed by atoms with Gasteiger partial charge in [-0.15, -0.1) is 0 Å². The zero-order valence-electron chi connectivity index (χ0n) is 36.6. The number of nitrogens with one attached hydrogen (secondary N) is 7. The lowest BCUT2D eigenvalue weighted by molar-refractivity contribution is -0.141. The number of hydrogen-bond acceptors (Lipinski definition) is 12. The van der Waals surface area contributed by atoms with Crippen LogP contribution in [0.2, 0.25) is 0 Å². The van der Waals surface area contributed by atoms with E-state index in [1.165, 1.54) is 0 Å². The van der Waals surface area contributed by atoms with Gasteiger partial charge in [0.2, 0.25) is 35.4 Å². The Bertz CT molecular complexity index is 2490. The van der Waals surface area contributed by atoms with E-state index in [1.807, 2.05) is 0 Å². The Morgan fingerprint density at radius 3 is 1.81 bits per heavy atom. The van der Waals surface area contributed by atoms with Crippen LogP contribution in [-0.2, 0) is 51.2 Å². The maximum Gasteiger partial charge on any atom is 0.327 e. The van der Waals surface area contributed by atoms with Crippen molar-refractivity contribution >= 4 is 95.4 Å². The van der Waals surface area contributed by atoms with Crippen molar-refractivity contribution in [1.82, 2.24) is 41.8 Å². The number of para-hydroxylation sites is 1. The summed E-state index contributed by atoms with van der Waals surface area (Å²) in [7, 11) is 0. The van der Waals surface area contributed by atoms with Gasteiger partial charge in [-0.25, -0.2) is 4.79 Å². The van der Waals surface area contributed by atoms with Crippen molar-refractivity contribution < 1.29 is 58.2 Å². The molecule has 9 N–H and O–H groups in total. The van der Waals surface area contributed by atoms with Crippen LogP contribution in [0.25, 0.3) is 10.9 Å². The number of carboxylic acid groups (broad SMARTS) is 2. The largest absolute Gasteiger partial charge is 0.481 e. The first-order valence-electron chi connectivity index (χ1n) is 21.6. The van der Waals surface area contributed by atoms with Crippen LogP contribution in [0.5, 0.6) is 0 Å². The van der Waals surface area contributed by atoms with E-state index in [4.69, 9.17) is 0 Å². The van der Waals surface area contributed by atoms with Gasteiger partial charge in [-0.2, -0.15) is 25.3 Å². The monoisotopic (exact) mass is 972 g/mol. The van der Waals surface area contributed by atoms with E-state index in [2.05, 4.69) is 62.1 Å². The zero-order valence-corrected chi connectivity index (χ0v) is 38.4. The zero-order chi connectivity index (χ0) is 49.3. The fourth-order valence-corrected chi connectivity index (χ4v) is 7.86. The first kappa shape index (κ1) is 51.8. The molecule has 0 spiro atoms. The lowest BCUT2D eigenvalue weighted by Gasteiger charge is -2.26. The molecule has 360 valence electrons. The van der Waals surface area contributed by atoms with Gasteiger partial charge in [0.05, 0.1) is 24.1 Å². The van der Waals surface area contributed by atoms with Crippen LogP contribution in [0.4, 0.5) is 0 Å². The molecule has 0 bridgehead atoms. The lowest BCUT2D eigenvalue weighted by Crippen LogP contribution is -2.59. The number of fused-ring (bicyclic) bond motifs is 2. The third-order valence-electron chi connectivity index (χ3n) is 10.9. The number of benzene rings is 3. The van der Waals surface area contributed by atoms with Crippen LogP contribution in [0, 0.1) is 0 Å². The molecule has 2 heterocycles. The van der Waals surface area contributed by atoms with Gasteiger partial charge in [-0.05, 0) is 54.3 Å². The topological polar surface area (TPSA) is 302 Å². The SMILES string of the molecule is O=C(O)C[C@H](NC(=O)CNC(=O)[C@H](CCCCN1C(=O)c2ccccc2C1=O)NC(=O)CCS)C(=O)N[C@@H](Cc1c[nH]c2ccccc12)C(=O)N[C@@H](Cc1ccccc1)C(=O)N[C@@H](CS)C(=O)O. The summed E-state index contributed by atoms with van der Waals surface area (Å²) < 4.78 is 0. The predicted molar refractivity (Wildman–Crippen MR) is 253 cm³/mol. The van der Waals surface area contributed by atoms with E-state index < -0.39 is 102 Å². The highest BCUT2D eigenvalue weighted by Crippen LogP contribution is 2.23. The first-order chi connectivity index (χ1) is 32.6. The Labute approximate surface area is 400 Å². The molecule has 8 amide bonds. The highest BCUT2D eigenvalue weighted by Gasteiger charge is 2.36. The van der Waals surface area contributed by atoms with Crippen LogP contribution >= 0.6 is 25.3 Å². The number of unbranched alkanes of at least 4 members (excludes halogenated alkanes) is 1. The van der Waals surface area contributed by atoms with E-state index in [0.717, 1.165) is 4.90 Å². The fraction of sp³-hybridized carbons (Fsp3) is 0.348. The fourth-order valence-electron chi connectivity index (χ4n) is 7.41. The highest BCUT2D eigenvalue weighted by molar-refractivity contribution is 7.80. The van der Waals surface area contributed by atoms with E-state index in [9.17, 15) is 58.2 Å². The second-order valence-corrected chi connectivity index (χ2v) is 16.6. The Morgan fingerprint density at radius 2 is 1.19 bits per heavy atom. The summed E-state index contributed by atoms with van der Waals surface area (Å²) in [6.07, 6.45) is 0.925. The smallest absolute Gasteiger partial charge is 0.327 e. The summed E-state index contributed by atoms with van der Waals surface area (Å²) in [6.45, 7) is -0.715. The summed E-state index contributed by atoms with van der Waals surface area (Å²) in [5, 5.41) is 34.8. The van der Waals surface area contributed by atoms with Crippen LogP contribution in [0.15, 0.2) is 85.1 Å². The van der Waals surface area contributed by atoms with E-state index in [-0.39, 0.29) is 56.6 Å². The molecule has 20 nitrogen and oxygen atoms in total. The highest BCUT2D eigenvalue weighted by atomic mass is 32.1. The Kier molecular flexibility index (Phi) is 19.1. The summed E-state index contributed by atoms with van der Waals surface area (Å²) in [5.74, 6) is -9.00. The molecule has 0 saturated carbocycles. The maximum atomic E-state index is 14.2. The Morgan fingerprint density at radius 1 is 0.618 bits per heavy atom. The second kappa shape index (κ2) is 25.1. The van der Waals surface area contributed by atoms with Gasteiger partial charge >= 0.3 is 11.9 Å². The molecule has 0 saturated heterocycles. The molecular formula is C46H52N8O12S2. The number of rotatable bonds is 26. The maximum absolute atomic E-state index is 14.2. The average molecular weight is 973 g/mol. The number of carboxylic acids is 2. The van der Waals surface area contributed by atoms with Crippen molar-refractivity contribution in [2.45, 2.75) is 75.2 Å². The minimum absolute atomic E-state index is 0.0319. The number of hydrogen-bond donors (Lipinski definition) is 11. The van der Waals surface area contributed by atoms with Gasteiger partial charge < -0.3 is 47.1 Å². The predicted octanol–water partition coefficient (Wildman–Crippen LogP) is 0.769. The molecule has 0 radical (unpaired) electrons. The number of amides is 8. The quantitative estimate of drug-likeness (QED) is 0.0236. The van der Waals surface area contributed by atoms with Gasteiger partial charge in [-0.1, -0.05) is 60.7 Å². The molecule has 3 aromatic carbocycles. The lowest BCUT2D eigenvalue weighted by atomic mass is 10.0. The number of aliphatic carboxylic acids is 2. The Balaban J connectivity index is 1.27. The van der Waals surface area contributed by atoms with Crippen LogP contribution in [-0.4, -0.2) is 134 Å². The van der Waals surface area contributed by atoms with Crippen LogP contribution in [0.3, 0.4) is 0 Å². The van der Waals surface area contributed by atoms with Crippen molar-refractivity contribution in [2.75, 3.05) is 24.6 Å². The van der Waals surface area contributed by atoms with Gasteiger partial charge in [0.1, 0.15) is 30.2 Å². The molecule has 5 rings (SSSR count). The summed E-state index contributed by atoms with van der Waals surface area (Å²) in [6, 6.07) is 14.8. The number of aromatic amines is 1. The molecule has 5 atom stereocenters. The Hall–Kier alpha value is -7.20. The van der Waals surface area contributed by atoms with Gasteiger partial charge in [0.15, 0.2) is 0 Å². The van der Waals surface area contributed by atoms with E-state index in [0.29, 0.717) is 33.2 Å².